The van der Waals surface area contributed by atoms with Gasteiger partial charge >= 0.3 is 0 Å². The van der Waals surface area contributed by atoms with Crippen molar-refractivity contribution in [1.29, 1.82) is 0 Å². The lowest BCUT2D eigenvalue weighted by atomic mass is 10.2. The van der Waals surface area contributed by atoms with Crippen molar-refractivity contribution in [2.75, 3.05) is 6.54 Å². The maximum absolute atomic E-state index is 13.3. The number of rotatable bonds is 6. The average molecular weight is 310 g/mol. The van der Waals surface area contributed by atoms with E-state index in [1.165, 1.54) is 23.9 Å². The van der Waals surface area contributed by atoms with Crippen LogP contribution < -0.4 is 5.32 Å². The van der Waals surface area contributed by atoms with E-state index < -0.39 is 0 Å². The molecule has 106 valence electrons. The number of halogens is 2. The highest BCUT2D eigenvalue weighted by molar-refractivity contribution is 7.99. The highest BCUT2D eigenvalue weighted by atomic mass is 35.5. The summed E-state index contributed by atoms with van der Waals surface area (Å²) < 4.78 is 13.3. The Hall–Kier alpha value is -1.03. The summed E-state index contributed by atoms with van der Waals surface area (Å²) in [7, 11) is 0. The summed E-state index contributed by atoms with van der Waals surface area (Å²) in [6.45, 7) is 3.87. The molecule has 0 aliphatic carbocycles. The summed E-state index contributed by atoms with van der Waals surface area (Å²) >= 11 is 7.79. The SMILES string of the molecule is CCCNCc1cccc(Cl)c1Sc1cccc(F)c1. The fraction of sp³-hybridized carbons (Fsp3) is 0.250. The van der Waals surface area contributed by atoms with Crippen molar-refractivity contribution >= 4 is 23.4 Å². The molecule has 2 aromatic rings. The quantitative estimate of drug-likeness (QED) is 0.742. The van der Waals surface area contributed by atoms with E-state index in [9.17, 15) is 4.39 Å². The molecule has 1 N–H and O–H groups in total. The van der Waals surface area contributed by atoms with E-state index in [-0.39, 0.29) is 5.82 Å². The first-order valence-electron chi connectivity index (χ1n) is 6.62. The van der Waals surface area contributed by atoms with Gasteiger partial charge in [-0.3, -0.25) is 0 Å². The lowest BCUT2D eigenvalue weighted by Crippen LogP contribution is -2.14. The minimum Gasteiger partial charge on any atom is -0.313 e. The molecular weight excluding hydrogens is 293 g/mol. The van der Waals surface area contributed by atoms with Gasteiger partial charge in [0.1, 0.15) is 5.82 Å². The van der Waals surface area contributed by atoms with E-state index >= 15 is 0 Å². The fourth-order valence-corrected chi connectivity index (χ4v) is 3.16. The molecule has 20 heavy (non-hydrogen) atoms. The van der Waals surface area contributed by atoms with Gasteiger partial charge in [-0.2, -0.15) is 0 Å². The third kappa shape index (κ3) is 4.23. The number of hydrogen-bond donors (Lipinski definition) is 1. The van der Waals surface area contributed by atoms with Crippen LogP contribution in [0.25, 0.3) is 0 Å². The molecule has 0 atom stereocenters. The van der Waals surface area contributed by atoms with Gasteiger partial charge in [0.25, 0.3) is 0 Å². The van der Waals surface area contributed by atoms with Gasteiger partial charge in [0.05, 0.1) is 5.02 Å². The van der Waals surface area contributed by atoms with Crippen LogP contribution in [-0.2, 0) is 6.54 Å². The summed E-state index contributed by atoms with van der Waals surface area (Å²) in [5, 5.41) is 4.07. The molecule has 2 rings (SSSR count). The van der Waals surface area contributed by atoms with Crippen molar-refractivity contribution in [2.45, 2.75) is 29.7 Å². The highest BCUT2D eigenvalue weighted by Gasteiger charge is 2.09. The molecule has 0 saturated heterocycles. The minimum atomic E-state index is -0.229. The van der Waals surface area contributed by atoms with Crippen molar-refractivity contribution in [3.05, 3.63) is 58.9 Å². The van der Waals surface area contributed by atoms with Crippen LogP contribution in [0.2, 0.25) is 5.02 Å². The van der Waals surface area contributed by atoms with Crippen LogP contribution >= 0.6 is 23.4 Å². The first-order chi connectivity index (χ1) is 9.70. The van der Waals surface area contributed by atoms with E-state index in [4.69, 9.17) is 11.6 Å². The Morgan fingerprint density at radius 3 is 2.75 bits per heavy atom. The fourth-order valence-electron chi connectivity index (χ4n) is 1.86. The predicted octanol–water partition coefficient (Wildman–Crippen LogP) is 5.13. The van der Waals surface area contributed by atoms with Crippen LogP contribution in [-0.4, -0.2) is 6.54 Å². The molecular formula is C16H17ClFNS. The number of nitrogens with one attached hydrogen (secondary N) is 1. The van der Waals surface area contributed by atoms with Gasteiger partial charge < -0.3 is 5.32 Å². The smallest absolute Gasteiger partial charge is 0.124 e. The standard InChI is InChI=1S/C16H17ClFNS/c1-2-9-19-11-12-5-3-8-15(17)16(12)20-14-7-4-6-13(18)10-14/h3-8,10,19H,2,9,11H2,1H3. The van der Waals surface area contributed by atoms with Gasteiger partial charge in [-0.1, -0.05) is 48.5 Å². The molecule has 1 nitrogen and oxygen atoms in total. The normalized spacial score (nSPS) is 10.8. The van der Waals surface area contributed by atoms with E-state index in [0.717, 1.165) is 34.9 Å². The second-order valence-corrected chi connectivity index (χ2v) is 5.96. The van der Waals surface area contributed by atoms with Gasteiger partial charge in [-0.05, 0) is 42.8 Å². The lowest BCUT2D eigenvalue weighted by molar-refractivity contribution is 0.624. The van der Waals surface area contributed by atoms with Crippen LogP contribution in [0.4, 0.5) is 4.39 Å². The van der Waals surface area contributed by atoms with E-state index in [2.05, 4.69) is 18.3 Å². The van der Waals surface area contributed by atoms with E-state index in [0.29, 0.717) is 5.02 Å². The lowest BCUT2D eigenvalue weighted by Gasteiger charge is -2.12. The Morgan fingerprint density at radius 2 is 2.00 bits per heavy atom. The molecule has 0 aromatic heterocycles. The van der Waals surface area contributed by atoms with Crippen LogP contribution in [0.3, 0.4) is 0 Å². The van der Waals surface area contributed by atoms with Crippen molar-refractivity contribution in [2.24, 2.45) is 0 Å². The van der Waals surface area contributed by atoms with E-state index in [1.54, 1.807) is 6.07 Å². The molecule has 0 fully saturated rings. The Bertz CT molecular complexity index is 574. The summed E-state index contributed by atoms with van der Waals surface area (Å²) in [6.07, 6.45) is 1.09. The summed E-state index contributed by atoms with van der Waals surface area (Å²) in [6, 6.07) is 12.4. The molecule has 0 heterocycles. The second kappa shape index (κ2) is 7.67. The summed E-state index contributed by atoms with van der Waals surface area (Å²) in [4.78, 5) is 1.85. The molecule has 0 aliphatic heterocycles. The third-order valence-electron chi connectivity index (χ3n) is 2.81. The Balaban J connectivity index is 2.21. The van der Waals surface area contributed by atoms with Gasteiger partial charge in [0.15, 0.2) is 0 Å². The molecule has 2 aromatic carbocycles. The first kappa shape index (κ1) is 15.4. The zero-order valence-electron chi connectivity index (χ0n) is 11.3. The zero-order chi connectivity index (χ0) is 14.4. The molecule has 0 aliphatic rings. The predicted molar refractivity (Wildman–Crippen MR) is 84.0 cm³/mol. The van der Waals surface area contributed by atoms with Crippen LogP contribution in [0.1, 0.15) is 18.9 Å². The minimum absolute atomic E-state index is 0.229. The van der Waals surface area contributed by atoms with Crippen molar-refractivity contribution in [3.63, 3.8) is 0 Å². The van der Waals surface area contributed by atoms with Crippen molar-refractivity contribution in [1.82, 2.24) is 5.32 Å². The molecule has 4 heteroatoms. The zero-order valence-corrected chi connectivity index (χ0v) is 12.9. The highest BCUT2D eigenvalue weighted by Crippen LogP contribution is 2.36. The molecule has 0 spiro atoms. The Morgan fingerprint density at radius 1 is 1.20 bits per heavy atom. The average Bonchev–Trinajstić information content (AvgIpc) is 2.43. The Kier molecular flexibility index (Phi) is 5.89. The first-order valence-corrected chi connectivity index (χ1v) is 7.81. The molecule has 0 bridgehead atoms. The maximum atomic E-state index is 13.3. The van der Waals surface area contributed by atoms with Crippen LogP contribution in [0.15, 0.2) is 52.3 Å². The molecule has 0 saturated carbocycles. The van der Waals surface area contributed by atoms with Crippen molar-refractivity contribution < 1.29 is 4.39 Å². The van der Waals surface area contributed by atoms with Gasteiger partial charge in [-0.25, -0.2) is 4.39 Å². The largest absolute Gasteiger partial charge is 0.313 e. The number of hydrogen-bond acceptors (Lipinski definition) is 2. The second-order valence-electron chi connectivity index (χ2n) is 4.46. The summed E-state index contributed by atoms with van der Waals surface area (Å²) in [5.74, 6) is -0.229. The van der Waals surface area contributed by atoms with Gasteiger partial charge in [0, 0.05) is 16.3 Å². The van der Waals surface area contributed by atoms with Gasteiger partial charge in [-0.15, -0.1) is 0 Å². The monoisotopic (exact) mass is 309 g/mol. The van der Waals surface area contributed by atoms with Crippen LogP contribution in [0.5, 0.6) is 0 Å². The molecule has 0 amide bonds. The topological polar surface area (TPSA) is 12.0 Å². The van der Waals surface area contributed by atoms with E-state index in [1.807, 2.05) is 18.2 Å². The van der Waals surface area contributed by atoms with Gasteiger partial charge in [0.2, 0.25) is 0 Å². The summed E-state index contributed by atoms with van der Waals surface area (Å²) in [5.41, 5.74) is 1.14. The van der Waals surface area contributed by atoms with Crippen molar-refractivity contribution in [3.8, 4) is 0 Å². The number of benzene rings is 2. The maximum Gasteiger partial charge on any atom is 0.124 e. The van der Waals surface area contributed by atoms with Crippen LogP contribution in [0, 0.1) is 5.82 Å². The molecule has 0 unspecified atom stereocenters. The molecule has 0 radical (unpaired) electrons. The third-order valence-corrected chi connectivity index (χ3v) is 4.41. The Labute approximate surface area is 128 Å².